The summed E-state index contributed by atoms with van der Waals surface area (Å²) in [6.45, 7) is 0.972. The van der Waals surface area contributed by atoms with Crippen molar-refractivity contribution in [2.75, 3.05) is 0 Å². The molecule has 0 atom stereocenters. The van der Waals surface area contributed by atoms with E-state index < -0.39 is 5.97 Å². The minimum Gasteiger partial charge on any atom is -0.870 e. The number of benzene rings is 3. The van der Waals surface area contributed by atoms with Gasteiger partial charge < -0.3 is 15.4 Å². The normalized spacial score (nSPS) is 9.04. The van der Waals surface area contributed by atoms with Crippen LogP contribution in [0.4, 0.5) is 0 Å². The Morgan fingerprint density at radius 2 is 0.880 bits per heavy atom. The first kappa shape index (κ1) is 24.1. The van der Waals surface area contributed by atoms with Gasteiger partial charge in [0.15, 0.2) is 14.7 Å². The quantitative estimate of drug-likeness (QED) is 0.488. The van der Waals surface area contributed by atoms with Crippen LogP contribution in [0, 0.1) is 0 Å². The second-order valence-electron chi connectivity index (χ2n) is 4.74. The van der Waals surface area contributed by atoms with Crippen LogP contribution in [0.5, 0.6) is 0 Å². The summed E-state index contributed by atoms with van der Waals surface area (Å²) in [6.07, 6.45) is 0. The van der Waals surface area contributed by atoms with Gasteiger partial charge in [-0.2, -0.15) is 0 Å². The van der Waals surface area contributed by atoms with E-state index in [0.717, 1.165) is 6.92 Å². The molecule has 5 heteroatoms. The van der Waals surface area contributed by atoms with Gasteiger partial charge in [0, 0.05) is 5.97 Å². The average Bonchev–Trinajstić information content (AvgIpc) is 2.58. The maximum absolute atomic E-state index is 8.89. The number of hydrogen-bond donors (Lipinski definition) is 0. The molecule has 0 aliphatic carbocycles. The van der Waals surface area contributed by atoms with Crippen LogP contribution in [-0.4, -0.2) is 11.4 Å². The molecule has 0 saturated heterocycles. The van der Waals surface area contributed by atoms with Crippen LogP contribution in [0.3, 0.4) is 0 Å². The van der Waals surface area contributed by atoms with E-state index in [-0.39, 0.29) is 67.8 Å². The largest absolute Gasteiger partial charge is 1.00 e. The molecule has 25 heavy (non-hydrogen) atoms. The smallest absolute Gasteiger partial charge is 0.870 e. The van der Waals surface area contributed by atoms with Gasteiger partial charge in [-0.3, -0.25) is 0 Å². The van der Waals surface area contributed by atoms with E-state index in [1.54, 1.807) is 0 Å². The molecule has 0 amide bonds. The fourth-order valence-corrected chi connectivity index (χ4v) is 4.18. The molecule has 0 unspecified atom stereocenters. The number of carboxylic acids is 1. The Labute approximate surface area is 194 Å². The van der Waals surface area contributed by atoms with Gasteiger partial charge in [0.05, 0.1) is 10.9 Å². The Hall–Kier alpha value is -0.924. The maximum Gasteiger partial charge on any atom is 1.00 e. The molecule has 0 radical (unpaired) electrons. The number of hydrogen-bond acceptors (Lipinski definition) is 3. The van der Waals surface area contributed by atoms with Crippen LogP contribution in [0.15, 0.2) is 106 Å². The van der Waals surface area contributed by atoms with Gasteiger partial charge in [-0.05, 0) is 43.3 Å². The molecule has 0 heterocycles. The molecule has 0 bridgehead atoms. The summed E-state index contributed by atoms with van der Waals surface area (Å²) in [5, 5.41) is 8.89. The summed E-state index contributed by atoms with van der Waals surface area (Å²) in [5.74, 6) is -1.08. The van der Waals surface area contributed by atoms with Crippen molar-refractivity contribution in [3.05, 3.63) is 91.0 Å². The second-order valence-corrected chi connectivity index (χ2v) is 6.76. The molecule has 0 aromatic heterocycles. The topological polar surface area (TPSA) is 70.1 Å². The summed E-state index contributed by atoms with van der Waals surface area (Å²) >= 11 is 0. The van der Waals surface area contributed by atoms with E-state index in [1.165, 1.54) is 14.7 Å². The summed E-state index contributed by atoms with van der Waals surface area (Å²) < 4.78 is 0. The van der Waals surface area contributed by atoms with Crippen molar-refractivity contribution in [3.63, 3.8) is 0 Å². The Morgan fingerprint density at radius 1 is 0.680 bits per heavy atom. The average molecular weight is 379 g/mol. The number of aliphatic carboxylic acids is 1. The number of carbonyl (C=O) groups excluding carboxylic acids is 1. The van der Waals surface area contributed by atoms with Gasteiger partial charge in [-0.15, -0.1) is 0 Å². The molecule has 3 aromatic rings. The fourth-order valence-electron chi connectivity index (χ4n) is 2.08. The van der Waals surface area contributed by atoms with Crippen LogP contribution >= 0.6 is 0 Å². The SMILES string of the molecule is CC(=O)[O-].[K+].[OH-].c1ccc([S+](c2ccccc2)c2ccccc2)cc1. The van der Waals surface area contributed by atoms with Gasteiger partial charge in [-0.1, -0.05) is 54.6 Å². The van der Waals surface area contributed by atoms with Crippen LogP contribution in [0.25, 0.3) is 0 Å². The first-order valence-electron chi connectivity index (χ1n) is 7.25. The first-order valence-corrected chi connectivity index (χ1v) is 8.48. The van der Waals surface area contributed by atoms with Gasteiger partial charge in [-0.25, -0.2) is 0 Å². The van der Waals surface area contributed by atoms with Gasteiger partial charge in [0.25, 0.3) is 0 Å². The van der Waals surface area contributed by atoms with Crippen molar-refractivity contribution in [3.8, 4) is 0 Å². The van der Waals surface area contributed by atoms with E-state index >= 15 is 0 Å². The van der Waals surface area contributed by atoms with E-state index in [9.17, 15) is 0 Å². The molecule has 3 nitrogen and oxygen atoms in total. The van der Waals surface area contributed by atoms with Crippen molar-refractivity contribution in [1.29, 1.82) is 0 Å². The summed E-state index contributed by atoms with van der Waals surface area (Å²) in [4.78, 5) is 13.0. The number of carbonyl (C=O) groups is 1. The molecule has 124 valence electrons. The Kier molecular flexibility index (Phi) is 12.8. The zero-order valence-corrected chi connectivity index (χ0v) is 18.3. The van der Waals surface area contributed by atoms with Crippen molar-refractivity contribution >= 4 is 16.9 Å². The van der Waals surface area contributed by atoms with Crippen LogP contribution in [0.2, 0.25) is 0 Å². The van der Waals surface area contributed by atoms with E-state index in [4.69, 9.17) is 9.90 Å². The van der Waals surface area contributed by atoms with Crippen molar-refractivity contribution in [2.24, 2.45) is 0 Å². The molecule has 1 N–H and O–H groups in total. The molecule has 0 aliphatic rings. The van der Waals surface area contributed by atoms with Crippen LogP contribution in [-0.2, 0) is 15.7 Å². The molecule has 0 spiro atoms. The van der Waals surface area contributed by atoms with Crippen LogP contribution < -0.4 is 56.5 Å². The Bertz CT molecular complexity index is 624. The monoisotopic (exact) mass is 378 g/mol. The van der Waals surface area contributed by atoms with E-state index in [2.05, 4.69) is 91.0 Å². The van der Waals surface area contributed by atoms with Crippen molar-refractivity contribution < 1.29 is 66.8 Å². The molecular weight excluding hydrogens is 359 g/mol. The predicted molar refractivity (Wildman–Crippen MR) is 94.1 cm³/mol. The third-order valence-corrected chi connectivity index (χ3v) is 5.17. The molecule has 3 aromatic carbocycles. The third kappa shape index (κ3) is 8.33. The minimum absolute atomic E-state index is 0. The summed E-state index contributed by atoms with van der Waals surface area (Å²) in [5.41, 5.74) is 0. The van der Waals surface area contributed by atoms with E-state index in [1.807, 2.05) is 0 Å². The zero-order chi connectivity index (χ0) is 16.5. The standard InChI is InChI=1S/C18H15S.C2H4O2.K.H2O/c1-4-10-16(11-5-1)19(17-12-6-2-7-13-17)18-14-8-3-9-15-18;1-2(3)4;;/h1-15H;1H3,(H,3,4);;1H2/q+1;;+1;/p-2. The first-order chi connectivity index (χ1) is 11.2. The van der Waals surface area contributed by atoms with Crippen LogP contribution in [0.1, 0.15) is 6.92 Å². The van der Waals surface area contributed by atoms with E-state index in [0.29, 0.717) is 0 Å². The zero-order valence-electron chi connectivity index (χ0n) is 14.3. The Morgan fingerprint density at radius 3 is 1.08 bits per heavy atom. The fraction of sp³-hybridized carbons (Fsp3) is 0.0500. The summed E-state index contributed by atoms with van der Waals surface area (Å²) in [6, 6.07) is 32.2. The van der Waals surface area contributed by atoms with Crippen molar-refractivity contribution in [1.82, 2.24) is 0 Å². The number of carboxylic acid groups (broad SMARTS) is 1. The summed E-state index contributed by atoms with van der Waals surface area (Å²) in [7, 11) is -0.0146. The second kappa shape index (κ2) is 13.3. The molecule has 0 saturated carbocycles. The maximum atomic E-state index is 8.89. The molecule has 0 fully saturated rings. The van der Waals surface area contributed by atoms with Gasteiger partial charge in [0.1, 0.15) is 0 Å². The predicted octanol–water partition coefficient (Wildman–Crippen LogP) is 0.365. The molecule has 3 rings (SSSR count). The minimum atomic E-state index is -1.08. The molecule has 0 aliphatic heterocycles. The molecular formula is C20H19KO3S. The van der Waals surface area contributed by atoms with Gasteiger partial charge in [0.2, 0.25) is 0 Å². The number of rotatable bonds is 3. The Balaban J connectivity index is 0.000000874. The van der Waals surface area contributed by atoms with Crippen molar-refractivity contribution in [2.45, 2.75) is 21.6 Å². The third-order valence-electron chi connectivity index (χ3n) is 2.94. The van der Waals surface area contributed by atoms with Gasteiger partial charge >= 0.3 is 51.4 Å².